The molecule has 0 aliphatic carbocycles. The van der Waals surface area contributed by atoms with Gasteiger partial charge in [-0.1, -0.05) is 6.92 Å². The van der Waals surface area contributed by atoms with Gasteiger partial charge in [0.1, 0.15) is 0 Å². The summed E-state index contributed by atoms with van der Waals surface area (Å²) in [6.45, 7) is 6.23. The van der Waals surface area contributed by atoms with Crippen molar-refractivity contribution in [2.24, 2.45) is 0 Å². The lowest BCUT2D eigenvalue weighted by Crippen LogP contribution is -2.44. The first-order valence-corrected chi connectivity index (χ1v) is 7.03. The predicted octanol–water partition coefficient (Wildman–Crippen LogP) is 2.51. The first-order valence-electron chi connectivity index (χ1n) is 7.03. The fourth-order valence-electron chi connectivity index (χ4n) is 2.89. The standard InChI is InChI=1S/C14H25N3O/c1-4-8-17-11-12(10-16-17)13(15-3)14(2)7-5-6-9-18-14/h10-11,13,15H,4-9H2,1-3H3. The molecule has 2 rings (SSSR count). The highest BCUT2D eigenvalue weighted by atomic mass is 16.5. The summed E-state index contributed by atoms with van der Waals surface area (Å²) in [7, 11) is 2.01. The van der Waals surface area contributed by atoms with Crippen LogP contribution < -0.4 is 5.32 Å². The lowest BCUT2D eigenvalue weighted by molar-refractivity contribution is -0.0884. The molecule has 2 atom stereocenters. The van der Waals surface area contributed by atoms with Crippen molar-refractivity contribution in [2.45, 2.75) is 57.7 Å². The number of nitrogens with one attached hydrogen (secondary N) is 1. The second-order valence-corrected chi connectivity index (χ2v) is 5.38. The van der Waals surface area contributed by atoms with E-state index in [0.717, 1.165) is 26.0 Å². The molecule has 2 heterocycles. The molecule has 1 fully saturated rings. The molecular formula is C14H25N3O. The average Bonchev–Trinajstić information content (AvgIpc) is 2.79. The Kier molecular flexibility index (Phi) is 4.40. The monoisotopic (exact) mass is 251 g/mol. The molecule has 1 saturated heterocycles. The number of rotatable bonds is 5. The summed E-state index contributed by atoms with van der Waals surface area (Å²) in [5.74, 6) is 0. The molecule has 0 saturated carbocycles. The van der Waals surface area contributed by atoms with Gasteiger partial charge in [-0.05, 0) is 39.7 Å². The highest BCUT2D eigenvalue weighted by molar-refractivity contribution is 5.16. The Bertz CT molecular complexity index is 369. The first kappa shape index (κ1) is 13.6. The van der Waals surface area contributed by atoms with Gasteiger partial charge in [0.15, 0.2) is 0 Å². The van der Waals surface area contributed by atoms with Crippen LogP contribution in [0, 0.1) is 0 Å². The van der Waals surface area contributed by atoms with E-state index in [2.05, 4.69) is 30.5 Å². The Labute approximate surface area is 110 Å². The number of hydrogen-bond acceptors (Lipinski definition) is 3. The van der Waals surface area contributed by atoms with Gasteiger partial charge in [0.05, 0.1) is 17.8 Å². The zero-order chi connectivity index (χ0) is 13.0. The molecule has 102 valence electrons. The van der Waals surface area contributed by atoms with E-state index in [-0.39, 0.29) is 11.6 Å². The van der Waals surface area contributed by atoms with E-state index in [1.54, 1.807) is 0 Å². The lowest BCUT2D eigenvalue weighted by atomic mass is 9.85. The van der Waals surface area contributed by atoms with Crippen molar-refractivity contribution in [3.8, 4) is 0 Å². The van der Waals surface area contributed by atoms with Gasteiger partial charge in [0.25, 0.3) is 0 Å². The molecule has 1 N–H and O–H groups in total. The fraction of sp³-hybridized carbons (Fsp3) is 0.786. The molecule has 1 aliphatic heterocycles. The van der Waals surface area contributed by atoms with Crippen LogP contribution in [-0.4, -0.2) is 29.0 Å². The van der Waals surface area contributed by atoms with E-state index in [4.69, 9.17) is 4.74 Å². The van der Waals surface area contributed by atoms with Crippen molar-refractivity contribution in [1.29, 1.82) is 0 Å². The minimum absolute atomic E-state index is 0.104. The quantitative estimate of drug-likeness (QED) is 0.874. The van der Waals surface area contributed by atoms with Crippen molar-refractivity contribution in [3.05, 3.63) is 18.0 Å². The third-order valence-electron chi connectivity index (χ3n) is 3.84. The third kappa shape index (κ3) is 2.75. The second kappa shape index (κ2) is 5.85. The fourth-order valence-corrected chi connectivity index (χ4v) is 2.89. The average molecular weight is 251 g/mol. The van der Waals surface area contributed by atoms with Gasteiger partial charge in [0.2, 0.25) is 0 Å². The Hall–Kier alpha value is -0.870. The number of nitrogens with zero attached hydrogens (tertiary/aromatic N) is 2. The van der Waals surface area contributed by atoms with E-state index in [0.29, 0.717) is 0 Å². The Balaban J connectivity index is 2.15. The summed E-state index contributed by atoms with van der Waals surface area (Å²) >= 11 is 0. The molecule has 0 radical (unpaired) electrons. The number of likely N-dealkylation sites (N-methyl/N-ethyl adjacent to an activating group) is 1. The van der Waals surface area contributed by atoms with E-state index in [1.165, 1.54) is 18.4 Å². The molecule has 0 amide bonds. The van der Waals surface area contributed by atoms with Crippen molar-refractivity contribution in [1.82, 2.24) is 15.1 Å². The van der Waals surface area contributed by atoms with Crippen molar-refractivity contribution >= 4 is 0 Å². The Morgan fingerprint density at radius 3 is 3.00 bits per heavy atom. The second-order valence-electron chi connectivity index (χ2n) is 5.38. The SMILES string of the molecule is CCCn1cc(C(NC)C2(C)CCCCO2)cn1. The number of aromatic nitrogens is 2. The zero-order valence-electron chi connectivity index (χ0n) is 11.8. The molecule has 4 heteroatoms. The number of aryl methyl sites for hydroxylation is 1. The summed E-state index contributed by atoms with van der Waals surface area (Å²) in [4.78, 5) is 0. The lowest BCUT2D eigenvalue weighted by Gasteiger charge is -2.40. The van der Waals surface area contributed by atoms with Crippen LogP contribution in [0.25, 0.3) is 0 Å². The molecule has 0 spiro atoms. The van der Waals surface area contributed by atoms with Gasteiger partial charge in [-0.15, -0.1) is 0 Å². The Morgan fingerprint density at radius 1 is 1.56 bits per heavy atom. The summed E-state index contributed by atoms with van der Waals surface area (Å²) in [6.07, 6.45) is 8.77. The van der Waals surface area contributed by atoms with Crippen molar-refractivity contribution in [3.63, 3.8) is 0 Å². The highest BCUT2D eigenvalue weighted by Gasteiger charge is 2.37. The van der Waals surface area contributed by atoms with Crippen LogP contribution in [-0.2, 0) is 11.3 Å². The molecule has 4 nitrogen and oxygen atoms in total. The molecule has 18 heavy (non-hydrogen) atoms. The molecule has 1 aliphatic rings. The molecule has 0 aromatic carbocycles. The molecule has 1 aromatic heterocycles. The summed E-state index contributed by atoms with van der Waals surface area (Å²) in [6, 6.07) is 0.225. The maximum Gasteiger partial charge on any atom is 0.0849 e. The molecule has 2 unspecified atom stereocenters. The van der Waals surface area contributed by atoms with Crippen LogP contribution in [0.15, 0.2) is 12.4 Å². The molecule has 0 bridgehead atoms. The Morgan fingerprint density at radius 2 is 2.39 bits per heavy atom. The predicted molar refractivity (Wildman–Crippen MR) is 72.5 cm³/mol. The van der Waals surface area contributed by atoms with Crippen LogP contribution >= 0.6 is 0 Å². The molecular weight excluding hydrogens is 226 g/mol. The van der Waals surface area contributed by atoms with Gasteiger partial charge >= 0.3 is 0 Å². The van der Waals surface area contributed by atoms with Gasteiger partial charge in [0, 0.05) is 24.9 Å². The van der Waals surface area contributed by atoms with E-state index in [1.807, 2.05) is 17.9 Å². The van der Waals surface area contributed by atoms with Crippen molar-refractivity contribution < 1.29 is 4.74 Å². The zero-order valence-corrected chi connectivity index (χ0v) is 11.8. The normalized spacial score (nSPS) is 26.2. The topological polar surface area (TPSA) is 39.1 Å². The van der Waals surface area contributed by atoms with Crippen LogP contribution in [0.3, 0.4) is 0 Å². The van der Waals surface area contributed by atoms with Crippen LogP contribution in [0.5, 0.6) is 0 Å². The van der Waals surface area contributed by atoms with Crippen LogP contribution in [0.4, 0.5) is 0 Å². The molecule has 1 aromatic rings. The summed E-state index contributed by atoms with van der Waals surface area (Å²) < 4.78 is 8.06. The third-order valence-corrected chi connectivity index (χ3v) is 3.84. The maximum atomic E-state index is 6.04. The minimum atomic E-state index is -0.104. The largest absolute Gasteiger partial charge is 0.373 e. The van der Waals surface area contributed by atoms with E-state index >= 15 is 0 Å². The van der Waals surface area contributed by atoms with Crippen molar-refractivity contribution in [2.75, 3.05) is 13.7 Å². The highest BCUT2D eigenvalue weighted by Crippen LogP contribution is 2.36. The van der Waals surface area contributed by atoms with E-state index < -0.39 is 0 Å². The minimum Gasteiger partial charge on any atom is -0.373 e. The van der Waals surface area contributed by atoms with Crippen LogP contribution in [0.2, 0.25) is 0 Å². The van der Waals surface area contributed by atoms with Gasteiger partial charge in [-0.25, -0.2) is 0 Å². The maximum absolute atomic E-state index is 6.04. The number of hydrogen-bond donors (Lipinski definition) is 1. The van der Waals surface area contributed by atoms with E-state index in [9.17, 15) is 0 Å². The first-order chi connectivity index (χ1) is 8.69. The number of ether oxygens (including phenoxy) is 1. The smallest absolute Gasteiger partial charge is 0.0849 e. The van der Waals surface area contributed by atoms with Gasteiger partial charge in [-0.3, -0.25) is 4.68 Å². The summed E-state index contributed by atoms with van der Waals surface area (Å²) in [5.41, 5.74) is 1.13. The summed E-state index contributed by atoms with van der Waals surface area (Å²) in [5, 5.41) is 7.83. The van der Waals surface area contributed by atoms with Gasteiger partial charge < -0.3 is 10.1 Å². The van der Waals surface area contributed by atoms with Gasteiger partial charge in [-0.2, -0.15) is 5.10 Å². The van der Waals surface area contributed by atoms with Crippen LogP contribution in [0.1, 0.15) is 51.1 Å².